The summed E-state index contributed by atoms with van der Waals surface area (Å²) in [6.07, 6.45) is 3.24. The maximum Gasteiger partial charge on any atom is 0.356 e. The molecule has 0 radical (unpaired) electrons. The molecule has 6 nitrogen and oxygen atoms in total. The first-order valence-corrected chi connectivity index (χ1v) is 5.81. The van der Waals surface area contributed by atoms with E-state index in [0.29, 0.717) is 17.3 Å². The molecule has 3 N–H and O–H groups in total. The summed E-state index contributed by atoms with van der Waals surface area (Å²) in [6, 6.07) is 3.24. The second-order valence-corrected chi connectivity index (χ2v) is 4.35. The predicted octanol–water partition coefficient (Wildman–Crippen LogP) is 1.63. The zero-order chi connectivity index (χ0) is 12.7. The molecule has 3 rings (SSSR count). The minimum absolute atomic E-state index is 0.0357. The van der Waals surface area contributed by atoms with Crippen LogP contribution in [0.25, 0.3) is 11.6 Å². The Labute approximate surface area is 103 Å². The number of hydrogen-bond donors (Lipinski definition) is 2. The van der Waals surface area contributed by atoms with E-state index < -0.39 is 5.97 Å². The van der Waals surface area contributed by atoms with Gasteiger partial charge in [-0.3, -0.25) is 0 Å². The topological polar surface area (TPSA) is 94.3 Å². The molecule has 0 spiro atoms. The summed E-state index contributed by atoms with van der Waals surface area (Å²) in [5, 5.41) is 9.21. The average molecular weight is 247 g/mol. The summed E-state index contributed by atoms with van der Waals surface area (Å²) in [5.41, 5.74) is 6.63. The van der Waals surface area contributed by atoms with Crippen LogP contribution in [0, 0.1) is 0 Å². The Morgan fingerprint density at radius 3 is 3.11 bits per heavy atom. The Kier molecular flexibility index (Phi) is 2.45. The first-order chi connectivity index (χ1) is 8.68. The average Bonchev–Trinajstić information content (AvgIpc) is 2.95. The van der Waals surface area contributed by atoms with Gasteiger partial charge in [-0.25, -0.2) is 9.78 Å². The third kappa shape index (κ3) is 1.53. The predicted molar refractivity (Wildman–Crippen MR) is 63.1 cm³/mol. The lowest BCUT2D eigenvalue weighted by molar-refractivity contribution is 0.0688. The molecule has 3 heterocycles. The van der Waals surface area contributed by atoms with Crippen LogP contribution in [0.2, 0.25) is 0 Å². The van der Waals surface area contributed by atoms with Crippen LogP contribution in [0.3, 0.4) is 0 Å². The van der Waals surface area contributed by atoms with Crippen LogP contribution in [0.4, 0.5) is 0 Å². The number of rotatable bonds is 2. The van der Waals surface area contributed by atoms with Gasteiger partial charge in [0.1, 0.15) is 0 Å². The number of carboxylic acid groups (broad SMARTS) is 1. The normalized spacial score (nSPS) is 18.6. The number of aromatic carboxylic acids is 1. The zero-order valence-electron chi connectivity index (χ0n) is 9.67. The summed E-state index contributed by atoms with van der Waals surface area (Å²) < 4.78 is 7.15. The van der Waals surface area contributed by atoms with Gasteiger partial charge in [0.25, 0.3) is 0 Å². The third-order valence-electron chi connectivity index (χ3n) is 3.20. The number of nitrogens with two attached hydrogens (primary N) is 1. The second kappa shape index (κ2) is 3.99. The molecule has 18 heavy (non-hydrogen) atoms. The molecule has 6 heteroatoms. The summed E-state index contributed by atoms with van der Waals surface area (Å²) >= 11 is 0. The number of hydrogen-bond acceptors (Lipinski definition) is 4. The van der Waals surface area contributed by atoms with Gasteiger partial charge in [0.15, 0.2) is 17.3 Å². The van der Waals surface area contributed by atoms with Gasteiger partial charge in [-0.1, -0.05) is 0 Å². The third-order valence-corrected chi connectivity index (χ3v) is 3.20. The van der Waals surface area contributed by atoms with Crippen LogP contribution >= 0.6 is 0 Å². The molecule has 1 aliphatic heterocycles. The highest BCUT2D eigenvalue weighted by molar-refractivity contribution is 5.88. The van der Waals surface area contributed by atoms with Crippen molar-refractivity contribution in [2.24, 2.45) is 5.73 Å². The number of furan rings is 1. The molecular formula is C12H13N3O3. The fraction of sp³-hybridized carbons (Fsp3) is 0.333. The van der Waals surface area contributed by atoms with Gasteiger partial charge in [-0.05, 0) is 25.0 Å². The highest BCUT2D eigenvalue weighted by atomic mass is 16.4. The molecule has 0 amide bonds. The van der Waals surface area contributed by atoms with Crippen molar-refractivity contribution in [3.05, 3.63) is 29.8 Å². The molecule has 94 valence electrons. The molecule has 0 saturated carbocycles. The van der Waals surface area contributed by atoms with E-state index in [4.69, 9.17) is 10.2 Å². The number of aromatic nitrogens is 2. The molecule has 1 atom stereocenters. The molecule has 2 aromatic rings. The van der Waals surface area contributed by atoms with E-state index in [2.05, 4.69) is 4.98 Å². The number of carbonyl (C=O) groups is 1. The molecule has 0 aliphatic carbocycles. The molecule has 0 fully saturated rings. The molecule has 1 unspecified atom stereocenters. The number of carboxylic acids is 1. The van der Waals surface area contributed by atoms with Crippen molar-refractivity contribution < 1.29 is 14.3 Å². The summed E-state index contributed by atoms with van der Waals surface area (Å²) in [7, 11) is 0. The minimum Gasteiger partial charge on any atom is -0.476 e. The zero-order valence-corrected chi connectivity index (χ0v) is 9.67. The number of fused-ring (bicyclic) bond motifs is 1. The van der Waals surface area contributed by atoms with E-state index in [1.165, 1.54) is 0 Å². The molecule has 0 aromatic carbocycles. The highest BCUT2D eigenvalue weighted by Gasteiger charge is 2.29. The largest absolute Gasteiger partial charge is 0.476 e. The van der Waals surface area contributed by atoms with Crippen LogP contribution in [0.15, 0.2) is 22.8 Å². The van der Waals surface area contributed by atoms with Crippen molar-refractivity contribution in [2.75, 3.05) is 0 Å². The lowest BCUT2D eigenvalue weighted by Crippen LogP contribution is -2.23. The van der Waals surface area contributed by atoms with E-state index in [0.717, 1.165) is 19.4 Å². The SMILES string of the molecule is NC1CCCn2c(-c3ccco3)nc(C(=O)O)c21. The maximum atomic E-state index is 11.2. The molecule has 1 aliphatic rings. The van der Waals surface area contributed by atoms with Crippen LogP contribution in [-0.4, -0.2) is 20.6 Å². The summed E-state index contributed by atoms with van der Waals surface area (Å²) in [4.78, 5) is 15.4. The second-order valence-electron chi connectivity index (χ2n) is 4.35. The van der Waals surface area contributed by atoms with E-state index >= 15 is 0 Å². The van der Waals surface area contributed by atoms with Gasteiger partial charge in [-0.15, -0.1) is 0 Å². The van der Waals surface area contributed by atoms with Gasteiger partial charge in [-0.2, -0.15) is 0 Å². The number of nitrogens with zero attached hydrogens (tertiary/aromatic N) is 2. The van der Waals surface area contributed by atoms with Gasteiger partial charge in [0, 0.05) is 12.6 Å². The fourth-order valence-corrected chi connectivity index (χ4v) is 2.42. The van der Waals surface area contributed by atoms with E-state index in [9.17, 15) is 9.90 Å². The number of imidazole rings is 1. The van der Waals surface area contributed by atoms with E-state index in [1.807, 2.05) is 4.57 Å². The van der Waals surface area contributed by atoms with Gasteiger partial charge >= 0.3 is 5.97 Å². The Balaban J connectivity index is 2.22. The van der Waals surface area contributed by atoms with Gasteiger partial charge in [0.05, 0.1) is 12.0 Å². The van der Waals surface area contributed by atoms with Crippen LogP contribution in [0.5, 0.6) is 0 Å². The Morgan fingerprint density at radius 1 is 1.61 bits per heavy atom. The maximum absolute atomic E-state index is 11.2. The molecule has 2 aromatic heterocycles. The summed E-state index contributed by atoms with van der Waals surface area (Å²) in [6.45, 7) is 0.722. The molecule has 0 saturated heterocycles. The Morgan fingerprint density at radius 2 is 2.44 bits per heavy atom. The van der Waals surface area contributed by atoms with Crippen LogP contribution < -0.4 is 5.73 Å². The lowest BCUT2D eigenvalue weighted by Gasteiger charge is -2.22. The van der Waals surface area contributed by atoms with Crippen molar-refractivity contribution in [3.63, 3.8) is 0 Å². The van der Waals surface area contributed by atoms with Crippen molar-refractivity contribution in [2.45, 2.75) is 25.4 Å². The minimum atomic E-state index is -1.05. The molecular weight excluding hydrogens is 234 g/mol. The van der Waals surface area contributed by atoms with Crippen molar-refractivity contribution in [3.8, 4) is 11.6 Å². The Hall–Kier alpha value is -2.08. The fourth-order valence-electron chi connectivity index (χ4n) is 2.42. The molecule has 0 bridgehead atoms. The quantitative estimate of drug-likeness (QED) is 0.841. The van der Waals surface area contributed by atoms with Gasteiger partial charge < -0.3 is 19.8 Å². The standard InChI is InChI=1S/C12H13N3O3/c13-7-3-1-5-15-10(7)9(12(16)17)14-11(15)8-4-2-6-18-8/h2,4,6-7H,1,3,5,13H2,(H,16,17). The van der Waals surface area contributed by atoms with Crippen LogP contribution in [0.1, 0.15) is 35.1 Å². The van der Waals surface area contributed by atoms with E-state index in [-0.39, 0.29) is 11.7 Å². The van der Waals surface area contributed by atoms with Crippen molar-refractivity contribution in [1.82, 2.24) is 9.55 Å². The van der Waals surface area contributed by atoms with Crippen LogP contribution in [-0.2, 0) is 6.54 Å². The monoisotopic (exact) mass is 247 g/mol. The van der Waals surface area contributed by atoms with Crippen molar-refractivity contribution in [1.29, 1.82) is 0 Å². The van der Waals surface area contributed by atoms with Crippen molar-refractivity contribution >= 4 is 5.97 Å². The first kappa shape index (κ1) is 11.0. The summed E-state index contributed by atoms with van der Waals surface area (Å²) in [5.74, 6) is 0.0642. The highest BCUT2D eigenvalue weighted by Crippen LogP contribution is 2.32. The van der Waals surface area contributed by atoms with E-state index in [1.54, 1.807) is 18.4 Å². The lowest BCUT2D eigenvalue weighted by atomic mass is 10.0. The Bertz CT molecular complexity index is 586. The smallest absolute Gasteiger partial charge is 0.356 e. The van der Waals surface area contributed by atoms with Gasteiger partial charge in [0.2, 0.25) is 0 Å². The first-order valence-electron chi connectivity index (χ1n) is 5.81.